The molecule has 0 aliphatic rings. The monoisotopic (exact) mass is 453 g/mol. The van der Waals surface area contributed by atoms with Gasteiger partial charge >= 0.3 is 0 Å². The Bertz CT molecular complexity index is 1040. The molecule has 1 heterocycles. The minimum Gasteiger partial charge on any atom is -0.436 e. The average molecular weight is 454 g/mol. The van der Waals surface area contributed by atoms with E-state index < -0.39 is 11.9 Å². The van der Waals surface area contributed by atoms with Crippen LogP contribution in [-0.2, 0) is 18.3 Å². The Kier molecular flexibility index (Phi) is 8.77. The van der Waals surface area contributed by atoms with E-state index in [0.717, 1.165) is 16.8 Å². The molecule has 7 heteroatoms. The van der Waals surface area contributed by atoms with E-state index >= 15 is 0 Å². The van der Waals surface area contributed by atoms with Gasteiger partial charge in [0.2, 0.25) is 5.88 Å². The van der Waals surface area contributed by atoms with Crippen molar-refractivity contribution in [3.05, 3.63) is 78.6 Å². The number of aliphatic hydroxyl groups excluding tert-OH is 1. The van der Waals surface area contributed by atoms with Gasteiger partial charge in [-0.15, -0.1) is 6.58 Å². The van der Waals surface area contributed by atoms with E-state index in [-0.39, 0.29) is 18.4 Å². The van der Waals surface area contributed by atoms with Crippen LogP contribution in [0.4, 0.5) is 4.39 Å². The molecule has 0 saturated carbocycles. The molecule has 1 N–H and O–H groups in total. The first kappa shape index (κ1) is 24.6. The number of aryl methyl sites for hydroxylation is 1. The van der Waals surface area contributed by atoms with Crippen LogP contribution < -0.4 is 4.74 Å². The van der Waals surface area contributed by atoms with Crippen LogP contribution in [0, 0.1) is 5.82 Å². The molecule has 0 fully saturated rings. The lowest BCUT2D eigenvalue weighted by Crippen LogP contribution is -2.39. The van der Waals surface area contributed by atoms with Crippen molar-refractivity contribution in [2.75, 3.05) is 19.8 Å². The summed E-state index contributed by atoms with van der Waals surface area (Å²) in [4.78, 5) is 2.12. The second-order valence-corrected chi connectivity index (χ2v) is 8.16. The number of para-hydroxylation sites is 1. The van der Waals surface area contributed by atoms with Gasteiger partial charge in [0.1, 0.15) is 5.69 Å². The lowest BCUT2D eigenvalue weighted by atomic mass is 10.1. The van der Waals surface area contributed by atoms with E-state index in [1.807, 2.05) is 30.3 Å². The van der Waals surface area contributed by atoms with Gasteiger partial charge in [0.25, 0.3) is 0 Å². The van der Waals surface area contributed by atoms with E-state index in [1.165, 1.54) is 6.07 Å². The summed E-state index contributed by atoms with van der Waals surface area (Å²) >= 11 is 0. The zero-order chi connectivity index (χ0) is 23.8. The molecule has 0 aliphatic carbocycles. The summed E-state index contributed by atoms with van der Waals surface area (Å²) in [6, 6.07) is 16.3. The third-order valence-electron chi connectivity index (χ3n) is 5.26. The van der Waals surface area contributed by atoms with Crippen LogP contribution in [0.5, 0.6) is 11.6 Å². The highest BCUT2D eigenvalue weighted by molar-refractivity contribution is 5.65. The lowest BCUT2D eigenvalue weighted by Gasteiger charge is -2.29. The number of ether oxygens (including phenoxy) is 2. The van der Waals surface area contributed by atoms with Gasteiger partial charge in [0.15, 0.2) is 11.6 Å². The van der Waals surface area contributed by atoms with Gasteiger partial charge < -0.3 is 14.6 Å². The fourth-order valence-corrected chi connectivity index (χ4v) is 3.55. The molecule has 6 nitrogen and oxygen atoms in total. The van der Waals surface area contributed by atoms with Crippen molar-refractivity contribution in [3.8, 4) is 22.9 Å². The summed E-state index contributed by atoms with van der Waals surface area (Å²) in [5.41, 5.74) is 2.51. The number of rotatable bonds is 12. The first-order valence-corrected chi connectivity index (χ1v) is 11.0. The molecule has 3 aromatic rings. The molecule has 3 rings (SSSR count). The highest BCUT2D eigenvalue weighted by Gasteiger charge is 2.25. The van der Waals surface area contributed by atoms with Crippen LogP contribution in [0.25, 0.3) is 11.3 Å². The van der Waals surface area contributed by atoms with Gasteiger partial charge in [-0.3, -0.25) is 4.90 Å². The molecule has 2 aromatic carbocycles. The SMILES string of the molecule is C=CCOC[C@H](O)CN(Cc1c(-c2ccccc2)nn(C)c1Oc1ccccc1F)C(C)C. The van der Waals surface area contributed by atoms with Gasteiger partial charge in [-0.2, -0.15) is 5.10 Å². The molecule has 1 atom stereocenters. The largest absolute Gasteiger partial charge is 0.436 e. The predicted molar refractivity (Wildman–Crippen MR) is 128 cm³/mol. The molecule has 176 valence electrons. The summed E-state index contributed by atoms with van der Waals surface area (Å²) in [7, 11) is 1.78. The van der Waals surface area contributed by atoms with Crippen LogP contribution >= 0.6 is 0 Å². The first-order valence-electron chi connectivity index (χ1n) is 11.0. The fourth-order valence-electron chi connectivity index (χ4n) is 3.55. The molecule has 0 saturated heterocycles. The van der Waals surface area contributed by atoms with Crippen molar-refractivity contribution in [3.63, 3.8) is 0 Å². The van der Waals surface area contributed by atoms with Crippen molar-refractivity contribution < 1.29 is 19.0 Å². The topological polar surface area (TPSA) is 59.8 Å². The Hall–Kier alpha value is -3.00. The van der Waals surface area contributed by atoms with Crippen molar-refractivity contribution in [2.24, 2.45) is 7.05 Å². The second kappa shape index (κ2) is 11.7. The zero-order valence-corrected chi connectivity index (χ0v) is 19.4. The van der Waals surface area contributed by atoms with E-state index in [9.17, 15) is 9.50 Å². The van der Waals surface area contributed by atoms with Crippen LogP contribution in [0.3, 0.4) is 0 Å². The summed E-state index contributed by atoms with van der Waals surface area (Å²) in [6.45, 7) is 9.21. The van der Waals surface area contributed by atoms with Gasteiger partial charge in [0, 0.05) is 31.7 Å². The molecule has 0 aliphatic heterocycles. The van der Waals surface area contributed by atoms with E-state index in [0.29, 0.717) is 25.6 Å². The summed E-state index contributed by atoms with van der Waals surface area (Å²) in [5.74, 6) is 0.152. The quantitative estimate of drug-likeness (QED) is 0.316. The fraction of sp³-hybridized carbons (Fsp3) is 0.346. The maximum Gasteiger partial charge on any atom is 0.222 e. The summed E-state index contributed by atoms with van der Waals surface area (Å²) < 4.78 is 27.4. The minimum atomic E-state index is -0.667. The number of hydrogen-bond donors (Lipinski definition) is 1. The Labute approximate surface area is 194 Å². The van der Waals surface area contributed by atoms with Crippen LogP contribution in [-0.4, -0.2) is 51.7 Å². The Morgan fingerprint density at radius 2 is 1.85 bits per heavy atom. The molecule has 1 aromatic heterocycles. The minimum absolute atomic E-state index is 0.129. The number of hydrogen-bond acceptors (Lipinski definition) is 5. The van der Waals surface area contributed by atoms with Crippen molar-refractivity contribution >= 4 is 0 Å². The Balaban J connectivity index is 1.96. The average Bonchev–Trinajstić information content (AvgIpc) is 3.10. The van der Waals surface area contributed by atoms with Gasteiger partial charge in [-0.05, 0) is 26.0 Å². The van der Waals surface area contributed by atoms with E-state index in [4.69, 9.17) is 14.6 Å². The molecular weight excluding hydrogens is 421 g/mol. The van der Waals surface area contributed by atoms with Crippen molar-refractivity contribution in [1.29, 1.82) is 0 Å². The molecule has 0 unspecified atom stereocenters. The number of halogens is 1. The summed E-state index contributed by atoms with van der Waals surface area (Å²) in [6.07, 6.45) is 0.987. The maximum atomic E-state index is 14.4. The summed E-state index contributed by atoms with van der Waals surface area (Å²) in [5, 5.41) is 15.2. The van der Waals surface area contributed by atoms with Gasteiger partial charge in [-0.1, -0.05) is 48.5 Å². The van der Waals surface area contributed by atoms with Crippen molar-refractivity contribution in [1.82, 2.24) is 14.7 Å². The number of aromatic nitrogens is 2. The third-order valence-corrected chi connectivity index (χ3v) is 5.26. The normalized spacial score (nSPS) is 12.3. The van der Waals surface area contributed by atoms with Crippen LogP contribution in [0.1, 0.15) is 19.4 Å². The molecule has 0 radical (unpaired) electrons. The van der Waals surface area contributed by atoms with E-state index in [2.05, 4.69) is 25.3 Å². The Morgan fingerprint density at radius 1 is 1.15 bits per heavy atom. The maximum absolute atomic E-state index is 14.4. The predicted octanol–water partition coefficient (Wildman–Crippen LogP) is 4.79. The van der Waals surface area contributed by atoms with Crippen LogP contribution in [0.2, 0.25) is 0 Å². The molecule has 33 heavy (non-hydrogen) atoms. The zero-order valence-electron chi connectivity index (χ0n) is 19.4. The lowest BCUT2D eigenvalue weighted by molar-refractivity contribution is 0.0177. The number of aliphatic hydroxyl groups is 1. The molecule has 0 amide bonds. The standard InChI is InChI=1S/C26H32FN3O3/c1-5-15-32-18-21(31)16-30(19(2)3)17-22-25(20-11-7-6-8-12-20)28-29(4)26(22)33-24-14-10-9-13-23(24)27/h5-14,19,21,31H,1,15-18H2,2-4H3/t21-/m1/s1. The Morgan fingerprint density at radius 3 is 2.52 bits per heavy atom. The molecular formula is C26H32FN3O3. The molecule has 0 spiro atoms. The molecule has 0 bridgehead atoms. The van der Waals surface area contributed by atoms with E-state index in [1.54, 1.807) is 36.0 Å². The highest BCUT2D eigenvalue weighted by atomic mass is 19.1. The highest BCUT2D eigenvalue weighted by Crippen LogP contribution is 2.35. The number of nitrogens with zero attached hydrogens (tertiary/aromatic N) is 3. The van der Waals surface area contributed by atoms with Gasteiger partial charge in [0.05, 0.1) is 24.9 Å². The first-order chi connectivity index (χ1) is 15.9. The van der Waals surface area contributed by atoms with Crippen molar-refractivity contribution in [2.45, 2.75) is 32.5 Å². The van der Waals surface area contributed by atoms with Gasteiger partial charge in [-0.25, -0.2) is 9.07 Å². The van der Waals surface area contributed by atoms with Crippen LogP contribution in [0.15, 0.2) is 67.3 Å². The second-order valence-electron chi connectivity index (χ2n) is 8.16. The third kappa shape index (κ3) is 6.51. The smallest absolute Gasteiger partial charge is 0.222 e. The number of benzene rings is 2.